The van der Waals surface area contributed by atoms with Crippen molar-refractivity contribution in [3.8, 4) is 0 Å². The molecule has 194 valence electrons. The van der Waals surface area contributed by atoms with Crippen molar-refractivity contribution >= 4 is 11.8 Å². The number of rotatable bonds is 4. The summed E-state index contributed by atoms with van der Waals surface area (Å²) in [6.07, 6.45) is 18.5. The van der Waals surface area contributed by atoms with Gasteiger partial charge in [-0.3, -0.25) is 9.59 Å². The summed E-state index contributed by atoms with van der Waals surface area (Å²) >= 11 is 0. The number of fused-ring (bicyclic) bond motifs is 5. The Hall–Kier alpha value is -1.06. The lowest BCUT2D eigenvalue weighted by molar-refractivity contribution is -0.137. The van der Waals surface area contributed by atoms with Crippen LogP contribution in [-0.2, 0) is 9.59 Å². The number of nitrogens with one attached hydrogen (secondary N) is 2. The third-order valence-corrected chi connectivity index (χ3v) is 13.6. The quantitative estimate of drug-likeness (QED) is 0.531. The molecule has 0 aromatic carbocycles. The number of amides is 2. The average molecular weight is 481 g/mol. The van der Waals surface area contributed by atoms with Gasteiger partial charge in [0.15, 0.2) is 0 Å². The highest BCUT2D eigenvalue weighted by atomic mass is 16.2. The van der Waals surface area contributed by atoms with Crippen LogP contribution in [0, 0.1) is 58.2 Å². The van der Waals surface area contributed by atoms with Gasteiger partial charge >= 0.3 is 0 Å². The first-order chi connectivity index (χ1) is 16.8. The smallest absolute Gasteiger partial charge is 0.220 e. The first kappa shape index (κ1) is 23.1. The van der Waals surface area contributed by atoms with E-state index in [0.717, 1.165) is 67.1 Å². The Balaban J connectivity index is 0.979. The molecule has 1 saturated heterocycles. The second-order valence-electron chi connectivity index (χ2n) is 15.0. The molecule has 8 fully saturated rings. The standard InChI is InChI=1S/C31H48N2O2/c1-30-11-9-25-23(5-7-26-31(25,2)12-10-28(35)32-26)24(30)6-3-22(30)4-8-27(34)33-29-20-14-18-13-19(16-20)17-21(29)15-18/h18-26,29H,3-17H2,1-2H3,(H,32,35)(H,33,34)/t18?,19?,20?,21?,22-,23+,24+,25+,26?,29?,30-,31-/m1/s1. The molecule has 0 radical (unpaired) electrons. The molecule has 4 bridgehead atoms. The summed E-state index contributed by atoms with van der Waals surface area (Å²) in [6.45, 7) is 5.09. The van der Waals surface area contributed by atoms with Crippen molar-refractivity contribution in [2.45, 2.75) is 122 Å². The maximum atomic E-state index is 13.2. The summed E-state index contributed by atoms with van der Waals surface area (Å²) < 4.78 is 0. The predicted octanol–water partition coefficient (Wildman–Crippen LogP) is 5.84. The SMILES string of the molecule is C[C@]12CC[C@H]3[C@@H](CCC4NC(=O)CC[C@@]43C)[C@@H]1CC[C@@H]2CCC(=O)NC1C2CC3CC(C2)CC1C3. The van der Waals surface area contributed by atoms with E-state index in [0.29, 0.717) is 34.7 Å². The van der Waals surface area contributed by atoms with Crippen LogP contribution in [-0.4, -0.2) is 23.9 Å². The van der Waals surface area contributed by atoms with Gasteiger partial charge in [0.05, 0.1) is 0 Å². The molecule has 2 N–H and O–H groups in total. The Bertz CT molecular complexity index is 857. The fourth-order valence-corrected chi connectivity index (χ4v) is 12.0. The van der Waals surface area contributed by atoms with E-state index in [1.807, 2.05) is 0 Å². The monoisotopic (exact) mass is 480 g/mol. The molecule has 7 atom stereocenters. The number of hydrogen-bond acceptors (Lipinski definition) is 2. The molecule has 2 amide bonds. The van der Waals surface area contributed by atoms with Crippen LogP contribution >= 0.6 is 0 Å². The minimum absolute atomic E-state index is 0.277. The average Bonchev–Trinajstić information content (AvgIpc) is 3.16. The summed E-state index contributed by atoms with van der Waals surface area (Å²) in [7, 11) is 0. The number of hydrogen-bond donors (Lipinski definition) is 2. The zero-order valence-electron chi connectivity index (χ0n) is 22.2. The Labute approximate surface area is 212 Å². The van der Waals surface area contributed by atoms with E-state index in [4.69, 9.17) is 0 Å². The van der Waals surface area contributed by atoms with Crippen LogP contribution in [0.2, 0.25) is 0 Å². The number of carbonyl (C=O) groups is 2. The fraction of sp³-hybridized carbons (Fsp3) is 0.935. The van der Waals surface area contributed by atoms with E-state index in [2.05, 4.69) is 24.5 Å². The second-order valence-corrected chi connectivity index (χ2v) is 15.0. The molecular formula is C31H48N2O2. The van der Waals surface area contributed by atoms with E-state index in [-0.39, 0.29) is 5.91 Å². The zero-order valence-corrected chi connectivity index (χ0v) is 22.2. The maximum absolute atomic E-state index is 13.2. The van der Waals surface area contributed by atoms with Gasteiger partial charge in [-0.15, -0.1) is 0 Å². The van der Waals surface area contributed by atoms with E-state index in [9.17, 15) is 9.59 Å². The lowest BCUT2D eigenvalue weighted by atomic mass is 9.47. The first-order valence-corrected chi connectivity index (χ1v) is 15.4. The predicted molar refractivity (Wildman–Crippen MR) is 137 cm³/mol. The molecule has 4 nitrogen and oxygen atoms in total. The van der Waals surface area contributed by atoms with Gasteiger partial charge in [-0.05, 0) is 142 Å². The Kier molecular flexibility index (Phi) is 5.42. The van der Waals surface area contributed by atoms with Gasteiger partial charge in [0.25, 0.3) is 0 Å². The molecule has 7 aliphatic carbocycles. The topological polar surface area (TPSA) is 58.2 Å². The van der Waals surface area contributed by atoms with Crippen molar-refractivity contribution in [1.29, 1.82) is 0 Å². The van der Waals surface area contributed by atoms with E-state index >= 15 is 0 Å². The van der Waals surface area contributed by atoms with Gasteiger partial charge in [-0.1, -0.05) is 13.8 Å². The lowest BCUT2D eigenvalue weighted by Crippen LogP contribution is -2.61. The van der Waals surface area contributed by atoms with Gasteiger partial charge in [0, 0.05) is 24.9 Å². The van der Waals surface area contributed by atoms with E-state index in [1.54, 1.807) is 0 Å². The van der Waals surface area contributed by atoms with Crippen molar-refractivity contribution in [1.82, 2.24) is 10.6 Å². The van der Waals surface area contributed by atoms with Crippen molar-refractivity contribution in [3.05, 3.63) is 0 Å². The Morgan fingerprint density at radius 3 is 2.34 bits per heavy atom. The van der Waals surface area contributed by atoms with Gasteiger partial charge in [0.1, 0.15) is 0 Å². The van der Waals surface area contributed by atoms with Gasteiger partial charge < -0.3 is 10.6 Å². The first-order valence-electron chi connectivity index (χ1n) is 15.4. The second kappa shape index (κ2) is 8.22. The van der Waals surface area contributed by atoms with Crippen LogP contribution in [0.25, 0.3) is 0 Å². The van der Waals surface area contributed by atoms with Gasteiger partial charge in [-0.25, -0.2) is 0 Å². The van der Waals surface area contributed by atoms with Crippen LogP contribution in [0.5, 0.6) is 0 Å². The molecule has 1 heterocycles. The maximum Gasteiger partial charge on any atom is 0.220 e. The molecule has 35 heavy (non-hydrogen) atoms. The molecule has 0 aromatic heterocycles. The highest BCUT2D eigenvalue weighted by molar-refractivity contribution is 5.77. The van der Waals surface area contributed by atoms with E-state index in [1.165, 1.54) is 70.6 Å². The van der Waals surface area contributed by atoms with Gasteiger partial charge in [-0.2, -0.15) is 0 Å². The molecule has 1 aliphatic heterocycles. The highest BCUT2D eigenvalue weighted by Gasteiger charge is 2.60. The minimum atomic E-state index is 0.277. The third-order valence-electron chi connectivity index (χ3n) is 13.6. The van der Waals surface area contributed by atoms with Crippen LogP contribution in [0.3, 0.4) is 0 Å². The highest BCUT2D eigenvalue weighted by Crippen LogP contribution is 2.66. The van der Waals surface area contributed by atoms with E-state index < -0.39 is 0 Å². The zero-order chi connectivity index (χ0) is 23.9. The fourth-order valence-electron chi connectivity index (χ4n) is 12.0. The molecule has 1 unspecified atom stereocenters. The molecule has 7 saturated carbocycles. The molecule has 8 aliphatic rings. The molecule has 8 rings (SSSR count). The minimum Gasteiger partial charge on any atom is -0.353 e. The number of carbonyl (C=O) groups excluding carboxylic acids is 2. The van der Waals surface area contributed by atoms with Gasteiger partial charge in [0.2, 0.25) is 11.8 Å². The van der Waals surface area contributed by atoms with Crippen molar-refractivity contribution in [2.75, 3.05) is 0 Å². The summed E-state index contributed by atoms with van der Waals surface area (Å²) in [5, 5.41) is 6.95. The summed E-state index contributed by atoms with van der Waals surface area (Å²) in [5.74, 6) is 7.28. The Morgan fingerprint density at radius 1 is 0.886 bits per heavy atom. The largest absolute Gasteiger partial charge is 0.353 e. The summed E-state index contributed by atoms with van der Waals surface area (Å²) in [5.41, 5.74) is 0.722. The Morgan fingerprint density at radius 2 is 1.60 bits per heavy atom. The molecule has 4 heteroatoms. The third kappa shape index (κ3) is 3.57. The summed E-state index contributed by atoms with van der Waals surface area (Å²) in [6, 6.07) is 0.894. The summed E-state index contributed by atoms with van der Waals surface area (Å²) in [4.78, 5) is 25.2. The molecule has 0 aromatic rings. The van der Waals surface area contributed by atoms with Crippen LogP contribution < -0.4 is 10.6 Å². The van der Waals surface area contributed by atoms with Crippen LogP contribution in [0.15, 0.2) is 0 Å². The van der Waals surface area contributed by atoms with Crippen LogP contribution in [0.1, 0.15) is 110 Å². The van der Waals surface area contributed by atoms with Crippen molar-refractivity contribution in [3.63, 3.8) is 0 Å². The van der Waals surface area contributed by atoms with Crippen LogP contribution in [0.4, 0.5) is 0 Å². The molecular weight excluding hydrogens is 432 g/mol. The lowest BCUT2D eigenvalue weighted by Gasteiger charge is -2.60. The van der Waals surface area contributed by atoms with Crippen molar-refractivity contribution < 1.29 is 9.59 Å². The molecule has 0 spiro atoms. The van der Waals surface area contributed by atoms with Crippen molar-refractivity contribution in [2.24, 2.45) is 58.2 Å². The normalized spacial score (nSPS) is 53.9. The number of piperidine rings is 1.